The van der Waals surface area contributed by atoms with Crippen molar-refractivity contribution in [3.63, 3.8) is 0 Å². The molecule has 9 heteroatoms. The molecular weight excluding hydrogens is 464 g/mol. The fourth-order valence-corrected chi connectivity index (χ4v) is 4.10. The van der Waals surface area contributed by atoms with Gasteiger partial charge in [0.05, 0.1) is 10.5 Å². The molecule has 0 saturated carbocycles. The van der Waals surface area contributed by atoms with Crippen molar-refractivity contribution >= 4 is 73.8 Å². The van der Waals surface area contributed by atoms with Gasteiger partial charge in [0.1, 0.15) is 10.9 Å². The summed E-state index contributed by atoms with van der Waals surface area (Å²) in [6, 6.07) is 13.2. The molecule has 1 fully saturated rings. The van der Waals surface area contributed by atoms with Gasteiger partial charge in [-0.25, -0.2) is 4.79 Å². The number of carboxylic acids is 1. The predicted molar refractivity (Wildman–Crippen MR) is 116 cm³/mol. The molecule has 1 aliphatic heterocycles. The van der Waals surface area contributed by atoms with E-state index in [1.807, 2.05) is 24.3 Å². The number of amides is 2. The van der Waals surface area contributed by atoms with Crippen molar-refractivity contribution in [3.8, 4) is 0 Å². The lowest BCUT2D eigenvalue weighted by molar-refractivity contribution is -0.126. The lowest BCUT2D eigenvalue weighted by Crippen LogP contribution is -2.36. The summed E-state index contributed by atoms with van der Waals surface area (Å²) < 4.78 is 1.20. The Morgan fingerprint density at radius 2 is 1.93 bits per heavy atom. The van der Waals surface area contributed by atoms with Crippen LogP contribution in [0.3, 0.4) is 0 Å². The van der Waals surface area contributed by atoms with Crippen LogP contribution in [0.2, 0.25) is 0 Å². The third-order valence-electron chi connectivity index (χ3n) is 3.74. The fourth-order valence-electron chi connectivity index (χ4n) is 2.42. The number of nitrogens with one attached hydrogen (secondary N) is 1. The number of benzene rings is 2. The Labute approximate surface area is 178 Å². The Kier molecular flexibility index (Phi) is 6.28. The van der Waals surface area contributed by atoms with Crippen molar-refractivity contribution in [1.29, 1.82) is 0 Å². The highest BCUT2D eigenvalue weighted by atomic mass is 79.9. The van der Waals surface area contributed by atoms with Crippen molar-refractivity contribution < 1.29 is 19.5 Å². The average molecular weight is 477 g/mol. The van der Waals surface area contributed by atoms with Crippen LogP contribution in [-0.2, 0) is 9.59 Å². The zero-order chi connectivity index (χ0) is 20.3. The van der Waals surface area contributed by atoms with Crippen molar-refractivity contribution in [2.24, 2.45) is 0 Å². The van der Waals surface area contributed by atoms with Crippen LogP contribution >= 0.6 is 39.9 Å². The summed E-state index contributed by atoms with van der Waals surface area (Å²) in [5.74, 6) is -1.80. The molecule has 2 aromatic rings. The van der Waals surface area contributed by atoms with Crippen molar-refractivity contribution in [2.75, 3.05) is 11.9 Å². The lowest BCUT2D eigenvalue weighted by Gasteiger charge is -2.14. The Morgan fingerprint density at radius 3 is 2.57 bits per heavy atom. The van der Waals surface area contributed by atoms with Gasteiger partial charge in [0.2, 0.25) is 5.91 Å². The molecule has 1 heterocycles. The number of thiocarbonyl (C=S) groups is 1. The Bertz CT molecular complexity index is 1010. The van der Waals surface area contributed by atoms with Crippen LogP contribution in [0.5, 0.6) is 0 Å². The first kappa shape index (κ1) is 20.2. The lowest BCUT2D eigenvalue weighted by atomic mass is 10.2. The zero-order valence-corrected chi connectivity index (χ0v) is 17.4. The second kappa shape index (κ2) is 8.68. The summed E-state index contributed by atoms with van der Waals surface area (Å²) >= 11 is 9.77. The minimum Gasteiger partial charge on any atom is -0.478 e. The van der Waals surface area contributed by atoms with E-state index in [2.05, 4.69) is 21.2 Å². The van der Waals surface area contributed by atoms with Crippen LogP contribution in [-0.4, -0.2) is 38.7 Å². The van der Waals surface area contributed by atoms with Gasteiger partial charge in [-0.3, -0.25) is 14.5 Å². The third-order valence-corrected chi connectivity index (χ3v) is 5.61. The van der Waals surface area contributed by atoms with Gasteiger partial charge >= 0.3 is 5.97 Å². The monoisotopic (exact) mass is 476 g/mol. The van der Waals surface area contributed by atoms with E-state index in [-0.39, 0.29) is 18.0 Å². The molecule has 0 spiro atoms. The summed E-state index contributed by atoms with van der Waals surface area (Å²) in [5.41, 5.74) is 1.40. The highest BCUT2D eigenvalue weighted by Crippen LogP contribution is 2.32. The molecule has 2 aromatic carbocycles. The Morgan fingerprint density at radius 1 is 1.21 bits per heavy atom. The van der Waals surface area contributed by atoms with E-state index in [1.165, 1.54) is 29.2 Å². The fraction of sp³-hybridized carbons (Fsp3) is 0.0526. The number of anilines is 1. The summed E-state index contributed by atoms with van der Waals surface area (Å²) in [6.45, 7) is -0.221. The van der Waals surface area contributed by atoms with E-state index in [4.69, 9.17) is 17.3 Å². The van der Waals surface area contributed by atoms with Gasteiger partial charge in [0.25, 0.3) is 5.91 Å². The minimum atomic E-state index is -1.05. The number of carbonyl (C=O) groups is 3. The van der Waals surface area contributed by atoms with Gasteiger partial charge in [-0.15, -0.1) is 0 Å². The van der Waals surface area contributed by atoms with Gasteiger partial charge in [-0.2, -0.15) is 0 Å². The Balaban J connectivity index is 1.66. The van der Waals surface area contributed by atoms with E-state index >= 15 is 0 Å². The van der Waals surface area contributed by atoms with Gasteiger partial charge in [0, 0.05) is 10.2 Å². The molecule has 6 nitrogen and oxygen atoms in total. The van der Waals surface area contributed by atoms with E-state index in [9.17, 15) is 14.4 Å². The number of thioether (sulfide) groups is 1. The van der Waals surface area contributed by atoms with Crippen LogP contribution in [0.4, 0.5) is 5.69 Å². The highest BCUT2D eigenvalue weighted by molar-refractivity contribution is 9.10. The normalized spacial score (nSPS) is 15.2. The number of carboxylic acid groups (broad SMARTS) is 1. The quantitative estimate of drug-likeness (QED) is 0.501. The maximum Gasteiger partial charge on any atom is 0.335 e. The topological polar surface area (TPSA) is 86.7 Å². The van der Waals surface area contributed by atoms with E-state index in [0.29, 0.717) is 14.9 Å². The molecule has 0 radical (unpaired) electrons. The highest BCUT2D eigenvalue weighted by Gasteiger charge is 2.33. The standard InChI is InChI=1S/C19H13BrN2O4S2/c20-13-3-1-2-11(8-13)9-15-17(24)22(19(27)28-15)10-16(23)21-14-6-4-12(5-7-14)18(25)26/h1-9H,10H2,(H,21,23)(H,25,26)/b15-9-. The first-order valence-corrected chi connectivity index (χ1v) is 9.99. The summed E-state index contributed by atoms with van der Waals surface area (Å²) in [7, 11) is 0. The molecule has 0 bridgehead atoms. The molecular formula is C19H13BrN2O4S2. The molecule has 2 amide bonds. The molecule has 142 valence electrons. The van der Waals surface area contributed by atoms with Crippen LogP contribution in [0, 0.1) is 0 Å². The number of hydrogen-bond acceptors (Lipinski definition) is 5. The van der Waals surface area contributed by atoms with Gasteiger partial charge in [-0.05, 0) is 48.0 Å². The first-order valence-electron chi connectivity index (χ1n) is 7.97. The van der Waals surface area contributed by atoms with Gasteiger partial charge in [0.15, 0.2) is 0 Å². The summed E-state index contributed by atoms with van der Waals surface area (Å²) in [6.07, 6.45) is 1.73. The second-order valence-corrected chi connectivity index (χ2v) is 8.34. The van der Waals surface area contributed by atoms with Crippen LogP contribution < -0.4 is 5.32 Å². The molecule has 0 unspecified atom stereocenters. The van der Waals surface area contributed by atoms with Crippen molar-refractivity contribution in [1.82, 2.24) is 4.90 Å². The number of rotatable bonds is 5. The average Bonchev–Trinajstić information content (AvgIpc) is 2.89. The number of nitrogens with zero attached hydrogens (tertiary/aromatic N) is 1. The number of halogens is 1. The zero-order valence-electron chi connectivity index (χ0n) is 14.2. The molecule has 3 rings (SSSR count). The van der Waals surface area contributed by atoms with E-state index in [0.717, 1.165) is 21.8 Å². The van der Waals surface area contributed by atoms with E-state index < -0.39 is 11.9 Å². The first-order chi connectivity index (χ1) is 13.3. The van der Waals surface area contributed by atoms with Crippen molar-refractivity contribution in [3.05, 3.63) is 69.0 Å². The smallest absolute Gasteiger partial charge is 0.335 e. The number of aromatic carboxylic acids is 1. The largest absolute Gasteiger partial charge is 0.478 e. The van der Waals surface area contributed by atoms with Crippen LogP contribution in [0.25, 0.3) is 6.08 Å². The van der Waals surface area contributed by atoms with Crippen LogP contribution in [0.1, 0.15) is 15.9 Å². The van der Waals surface area contributed by atoms with Crippen LogP contribution in [0.15, 0.2) is 57.9 Å². The number of carbonyl (C=O) groups excluding carboxylic acids is 2. The maximum absolute atomic E-state index is 12.6. The SMILES string of the molecule is O=C(CN1C(=O)/C(=C/c2cccc(Br)c2)SC1=S)Nc1ccc(C(=O)O)cc1. The van der Waals surface area contributed by atoms with Gasteiger partial charge in [-0.1, -0.05) is 52.0 Å². The van der Waals surface area contributed by atoms with E-state index in [1.54, 1.807) is 6.08 Å². The third kappa shape index (κ3) is 4.86. The molecule has 28 heavy (non-hydrogen) atoms. The van der Waals surface area contributed by atoms with Gasteiger partial charge < -0.3 is 10.4 Å². The summed E-state index contributed by atoms with van der Waals surface area (Å²) in [4.78, 5) is 37.4. The molecule has 0 atom stereocenters. The molecule has 0 aliphatic carbocycles. The number of hydrogen-bond donors (Lipinski definition) is 2. The molecule has 2 N–H and O–H groups in total. The van der Waals surface area contributed by atoms with Crippen molar-refractivity contribution in [2.45, 2.75) is 0 Å². The Hall–Kier alpha value is -2.49. The predicted octanol–water partition coefficient (Wildman–Crippen LogP) is 3.99. The molecule has 0 aromatic heterocycles. The minimum absolute atomic E-state index is 0.118. The second-order valence-electron chi connectivity index (χ2n) is 5.75. The molecule has 1 saturated heterocycles. The maximum atomic E-state index is 12.6. The molecule has 1 aliphatic rings. The summed E-state index contributed by atoms with van der Waals surface area (Å²) in [5, 5.41) is 11.5.